The van der Waals surface area contributed by atoms with Crippen molar-refractivity contribution in [2.75, 3.05) is 0 Å². The molecule has 2 aromatic rings. The highest BCUT2D eigenvalue weighted by Gasteiger charge is 2.28. The monoisotopic (exact) mass is 288 g/mol. The molecule has 5 nitrogen and oxygen atoms in total. The fourth-order valence-electron chi connectivity index (χ4n) is 2.43. The van der Waals surface area contributed by atoms with Gasteiger partial charge in [-0.1, -0.05) is 18.2 Å². The van der Waals surface area contributed by atoms with Crippen LogP contribution in [0.3, 0.4) is 0 Å². The minimum Gasteiger partial charge on any atom is -0.481 e. The van der Waals surface area contributed by atoms with E-state index in [4.69, 9.17) is 0 Å². The molecule has 21 heavy (non-hydrogen) atoms. The molecule has 0 aliphatic rings. The summed E-state index contributed by atoms with van der Waals surface area (Å²) in [5.41, 5.74) is 1.40. The second-order valence-electron chi connectivity index (χ2n) is 5.99. The molecular formula is C16H20N2O3. The second kappa shape index (κ2) is 5.24. The van der Waals surface area contributed by atoms with E-state index in [-0.39, 0.29) is 5.69 Å². The first-order valence-corrected chi connectivity index (χ1v) is 6.80. The van der Waals surface area contributed by atoms with Crippen molar-refractivity contribution in [3.63, 3.8) is 0 Å². The Labute approximate surface area is 123 Å². The van der Waals surface area contributed by atoms with E-state index < -0.39 is 11.4 Å². The van der Waals surface area contributed by atoms with Crippen LogP contribution in [-0.2, 0) is 18.3 Å². The predicted molar refractivity (Wildman–Crippen MR) is 80.9 cm³/mol. The Hall–Kier alpha value is -2.30. The van der Waals surface area contributed by atoms with E-state index >= 15 is 0 Å². The number of carboxylic acid groups (broad SMARTS) is 1. The minimum atomic E-state index is -0.887. The third kappa shape index (κ3) is 2.77. The molecule has 0 bridgehead atoms. The molecule has 2 rings (SSSR count). The molecular weight excluding hydrogens is 268 g/mol. The number of imidazole rings is 1. The standard InChI is InChI=1S/C16H20N2O3/c1-11-10-17(4)15(21)18(11)13-8-6-5-7-12(13)9-16(2,3)14(19)20/h5-8,10H,9H2,1-4H3,(H,19,20). The second-order valence-corrected chi connectivity index (χ2v) is 5.99. The molecule has 0 fully saturated rings. The van der Waals surface area contributed by atoms with Crippen LogP contribution in [0.4, 0.5) is 0 Å². The fraction of sp³-hybridized carbons (Fsp3) is 0.375. The smallest absolute Gasteiger partial charge is 0.332 e. The van der Waals surface area contributed by atoms with E-state index in [0.29, 0.717) is 6.42 Å². The Bertz CT molecular complexity index is 738. The van der Waals surface area contributed by atoms with Gasteiger partial charge in [0.05, 0.1) is 11.1 Å². The van der Waals surface area contributed by atoms with E-state index in [1.165, 1.54) is 4.57 Å². The SMILES string of the molecule is Cc1cn(C)c(=O)n1-c1ccccc1CC(C)(C)C(=O)O. The van der Waals surface area contributed by atoms with Crippen LogP contribution in [-0.4, -0.2) is 20.2 Å². The van der Waals surface area contributed by atoms with Crippen molar-refractivity contribution >= 4 is 5.97 Å². The zero-order chi connectivity index (χ0) is 15.8. The number of aliphatic carboxylic acids is 1. The summed E-state index contributed by atoms with van der Waals surface area (Å²) in [7, 11) is 1.70. The van der Waals surface area contributed by atoms with E-state index in [1.807, 2.05) is 31.2 Å². The van der Waals surface area contributed by atoms with Gasteiger partial charge in [0.1, 0.15) is 0 Å². The van der Waals surface area contributed by atoms with Gasteiger partial charge in [0.25, 0.3) is 0 Å². The summed E-state index contributed by atoms with van der Waals surface area (Å²) in [6.45, 7) is 5.24. The number of aryl methyl sites for hydroxylation is 2. The molecule has 5 heteroatoms. The molecule has 1 aromatic heterocycles. The summed E-state index contributed by atoms with van der Waals surface area (Å²) < 4.78 is 3.14. The number of aromatic nitrogens is 2. The van der Waals surface area contributed by atoms with E-state index in [2.05, 4.69) is 0 Å². The van der Waals surface area contributed by atoms with E-state index in [0.717, 1.165) is 16.9 Å². The molecule has 0 aliphatic carbocycles. The van der Waals surface area contributed by atoms with Crippen molar-refractivity contribution in [3.8, 4) is 5.69 Å². The van der Waals surface area contributed by atoms with Crippen LogP contribution in [0.1, 0.15) is 25.1 Å². The summed E-state index contributed by atoms with van der Waals surface area (Å²) in [4.78, 5) is 23.6. The Morgan fingerprint density at radius 1 is 1.29 bits per heavy atom. The summed E-state index contributed by atoms with van der Waals surface area (Å²) in [6, 6.07) is 7.44. The molecule has 1 N–H and O–H groups in total. The van der Waals surface area contributed by atoms with Gasteiger partial charge in [-0.3, -0.25) is 9.36 Å². The van der Waals surface area contributed by atoms with Gasteiger partial charge in [0.2, 0.25) is 0 Å². The number of nitrogens with zero attached hydrogens (tertiary/aromatic N) is 2. The maximum absolute atomic E-state index is 12.3. The molecule has 1 heterocycles. The fourth-order valence-corrected chi connectivity index (χ4v) is 2.43. The average molecular weight is 288 g/mol. The molecule has 0 amide bonds. The largest absolute Gasteiger partial charge is 0.481 e. The van der Waals surface area contributed by atoms with Crippen molar-refractivity contribution in [1.82, 2.24) is 9.13 Å². The van der Waals surface area contributed by atoms with Crippen LogP contribution in [0.2, 0.25) is 0 Å². The summed E-state index contributed by atoms with van der Waals surface area (Å²) in [6.07, 6.45) is 2.13. The van der Waals surface area contributed by atoms with Gasteiger partial charge in [-0.15, -0.1) is 0 Å². The predicted octanol–water partition coefficient (Wildman–Crippen LogP) is 2.14. The maximum Gasteiger partial charge on any atom is 0.332 e. The van der Waals surface area contributed by atoms with Gasteiger partial charge in [-0.25, -0.2) is 4.79 Å². The number of carboxylic acids is 1. The molecule has 1 aromatic carbocycles. The topological polar surface area (TPSA) is 64.2 Å². The van der Waals surface area contributed by atoms with Crippen LogP contribution in [0, 0.1) is 12.3 Å². The number of hydrogen-bond acceptors (Lipinski definition) is 2. The number of para-hydroxylation sites is 1. The summed E-state index contributed by atoms with van der Waals surface area (Å²) in [5.74, 6) is -0.852. The van der Waals surface area contributed by atoms with Crippen LogP contribution in [0.5, 0.6) is 0 Å². The van der Waals surface area contributed by atoms with Crippen molar-refractivity contribution in [2.45, 2.75) is 27.2 Å². The van der Waals surface area contributed by atoms with Crippen molar-refractivity contribution < 1.29 is 9.90 Å². The summed E-state index contributed by atoms with van der Waals surface area (Å²) in [5, 5.41) is 9.30. The lowest BCUT2D eigenvalue weighted by Gasteiger charge is -2.21. The molecule has 0 aliphatic heterocycles. The lowest BCUT2D eigenvalue weighted by Crippen LogP contribution is -2.28. The quantitative estimate of drug-likeness (QED) is 0.937. The van der Waals surface area contributed by atoms with Crippen LogP contribution in [0.25, 0.3) is 5.69 Å². The van der Waals surface area contributed by atoms with Crippen molar-refractivity contribution in [3.05, 3.63) is 52.2 Å². The normalized spacial score (nSPS) is 11.6. The first-order valence-electron chi connectivity index (χ1n) is 6.80. The molecule has 112 valence electrons. The Morgan fingerprint density at radius 2 is 1.90 bits per heavy atom. The minimum absolute atomic E-state index is 0.131. The van der Waals surface area contributed by atoms with Gasteiger partial charge >= 0.3 is 11.7 Å². The highest BCUT2D eigenvalue weighted by molar-refractivity contribution is 5.74. The van der Waals surface area contributed by atoms with Crippen LogP contribution < -0.4 is 5.69 Å². The third-order valence-electron chi connectivity index (χ3n) is 3.67. The van der Waals surface area contributed by atoms with E-state index in [1.54, 1.807) is 31.7 Å². The lowest BCUT2D eigenvalue weighted by molar-refractivity contribution is -0.146. The number of hydrogen-bond donors (Lipinski definition) is 1. The average Bonchev–Trinajstić information content (AvgIpc) is 2.64. The third-order valence-corrected chi connectivity index (χ3v) is 3.67. The molecule has 0 atom stereocenters. The number of benzene rings is 1. The molecule has 0 saturated heterocycles. The van der Waals surface area contributed by atoms with Crippen molar-refractivity contribution in [1.29, 1.82) is 0 Å². The Balaban J connectivity index is 2.57. The van der Waals surface area contributed by atoms with Crippen molar-refractivity contribution in [2.24, 2.45) is 12.5 Å². The molecule has 0 radical (unpaired) electrons. The van der Waals surface area contributed by atoms with Gasteiger partial charge in [-0.05, 0) is 38.8 Å². The lowest BCUT2D eigenvalue weighted by atomic mass is 9.85. The zero-order valence-corrected chi connectivity index (χ0v) is 12.8. The zero-order valence-electron chi connectivity index (χ0n) is 12.8. The Morgan fingerprint density at radius 3 is 2.43 bits per heavy atom. The van der Waals surface area contributed by atoms with Gasteiger partial charge in [0, 0.05) is 18.9 Å². The van der Waals surface area contributed by atoms with E-state index in [9.17, 15) is 14.7 Å². The van der Waals surface area contributed by atoms with Crippen LogP contribution >= 0.6 is 0 Å². The molecule has 0 saturated carbocycles. The molecule has 0 spiro atoms. The first-order chi connectivity index (χ1) is 9.74. The Kier molecular flexibility index (Phi) is 3.77. The summed E-state index contributed by atoms with van der Waals surface area (Å²) >= 11 is 0. The highest BCUT2D eigenvalue weighted by Crippen LogP contribution is 2.26. The van der Waals surface area contributed by atoms with Gasteiger partial charge in [-0.2, -0.15) is 0 Å². The number of rotatable bonds is 4. The maximum atomic E-state index is 12.3. The van der Waals surface area contributed by atoms with Gasteiger partial charge < -0.3 is 9.67 Å². The van der Waals surface area contributed by atoms with Gasteiger partial charge in [0.15, 0.2) is 0 Å². The number of carbonyl (C=O) groups is 1. The highest BCUT2D eigenvalue weighted by atomic mass is 16.4. The van der Waals surface area contributed by atoms with Crippen LogP contribution in [0.15, 0.2) is 35.3 Å². The first kappa shape index (κ1) is 15.1. The molecule has 0 unspecified atom stereocenters.